The number of rotatable bonds is 4. The van der Waals surface area contributed by atoms with E-state index in [0.717, 1.165) is 11.3 Å². The molecule has 0 radical (unpaired) electrons. The van der Waals surface area contributed by atoms with Gasteiger partial charge in [-0.1, -0.05) is 32.0 Å². The quantitative estimate of drug-likeness (QED) is 0.645. The van der Waals surface area contributed by atoms with Crippen molar-refractivity contribution in [3.05, 3.63) is 51.4 Å². The van der Waals surface area contributed by atoms with Gasteiger partial charge in [0.1, 0.15) is 0 Å². The second-order valence-electron chi connectivity index (χ2n) is 8.88. The van der Waals surface area contributed by atoms with Crippen molar-refractivity contribution >= 4 is 23.5 Å². The number of nitrogen functional groups attached to an aromatic ring is 1. The monoisotopic (exact) mass is 454 g/mol. The van der Waals surface area contributed by atoms with Crippen LogP contribution in [0.5, 0.6) is 0 Å². The number of hydrogen-bond acceptors (Lipinski definition) is 6. The molecule has 3 rings (SSSR count). The van der Waals surface area contributed by atoms with Crippen LogP contribution in [-0.4, -0.2) is 52.9 Å². The first kappa shape index (κ1) is 24.4. The normalized spacial score (nSPS) is 15.2. The van der Waals surface area contributed by atoms with Gasteiger partial charge in [0.05, 0.1) is 12.1 Å². The topological polar surface area (TPSA) is 124 Å². The number of anilines is 2. The van der Waals surface area contributed by atoms with Gasteiger partial charge in [-0.3, -0.25) is 19.4 Å². The van der Waals surface area contributed by atoms with E-state index in [1.165, 1.54) is 0 Å². The Morgan fingerprint density at radius 2 is 1.91 bits per heavy atom. The van der Waals surface area contributed by atoms with Crippen LogP contribution in [0.4, 0.5) is 11.6 Å². The highest BCUT2D eigenvalue weighted by Crippen LogP contribution is 2.23. The minimum absolute atomic E-state index is 0.0370. The SMILES string of the molecule is Cc1nc(N)[nH]c(=O)c1CC(=O)N1CCCN(C(=O)CC(C)C)c2ccccc2CNCC1. The lowest BCUT2D eigenvalue weighted by molar-refractivity contribution is -0.130. The number of carbonyl (C=O) groups is 2. The number of nitrogens with zero attached hydrogens (tertiary/aromatic N) is 3. The van der Waals surface area contributed by atoms with Crippen molar-refractivity contribution in [2.24, 2.45) is 5.92 Å². The van der Waals surface area contributed by atoms with Gasteiger partial charge in [0, 0.05) is 50.4 Å². The lowest BCUT2D eigenvalue weighted by Gasteiger charge is -2.27. The van der Waals surface area contributed by atoms with E-state index in [1.807, 2.05) is 43.0 Å². The molecule has 33 heavy (non-hydrogen) atoms. The second-order valence-corrected chi connectivity index (χ2v) is 8.88. The third-order valence-corrected chi connectivity index (χ3v) is 5.77. The van der Waals surface area contributed by atoms with Crippen molar-refractivity contribution in [2.75, 3.05) is 36.8 Å². The predicted octanol–water partition coefficient (Wildman–Crippen LogP) is 1.60. The number of nitrogens with one attached hydrogen (secondary N) is 2. The van der Waals surface area contributed by atoms with Crippen LogP contribution in [0.2, 0.25) is 0 Å². The molecule has 0 saturated heterocycles. The molecule has 2 amide bonds. The molecule has 0 aliphatic carbocycles. The summed E-state index contributed by atoms with van der Waals surface area (Å²) < 4.78 is 0. The lowest BCUT2D eigenvalue weighted by Crippen LogP contribution is -2.40. The van der Waals surface area contributed by atoms with Crippen LogP contribution in [0.15, 0.2) is 29.1 Å². The number of amides is 2. The summed E-state index contributed by atoms with van der Waals surface area (Å²) in [6, 6.07) is 7.94. The Morgan fingerprint density at radius 3 is 2.64 bits per heavy atom. The van der Waals surface area contributed by atoms with Crippen molar-refractivity contribution in [3.63, 3.8) is 0 Å². The fourth-order valence-corrected chi connectivity index (χ4v) is 4.08. The first-order chi connectivity index (χ1) is 15.8. The molecule has 4 N–H and O–H groups in total. The van der Waals surface area contributed by atoms with Gasteiger partial charge >= 0.3 is 0 Å². The smallest absolute Gasteiger partial charge is 0.256 e. The summed E-state index contributed by atoms with van der Waals surface area (Å²) in [6.07, 6.45) is 1.07. The fraction of sp³-hybridized carbons (Fsp3) is 0.500. The molecule has 0 fully saturated rings. The Bertz CT molecular complexity index is 1050. The van der Waals surface area contributed by atoms with Crippen LogP contribution in [0, 0.1) is 12.8 Å². The largest absolute Gasteiger partial charge is 0.369 e. The fourth-order valence-electron chi connectivity index (χ4n) is 4.08. The van der Waals surface area contributed by atoms with E-state index in [4.69, 9.17) is 5.73 Å². The van der Waals surface area contributed by atoms with Gasteiger partial charge in [0.2, 0.25) is 17.8 Å². The van der Waals surface area contributed by atoms with Crippen molar-refractivity contribution in [1.29, 1.82) is 0 Å². The minimum Gasteiger partial charge on any atom is -0.369 e. The van der Waals surface area contributed by atoms with Crippen molar-refractivity contribution < 1.29 is 9.59 Å². The summed E-state index contributed by atoms with van der Waals surface area (Å²) in [4.78, 5) is 48.6. The molecule has 1 aromatic carbocycles. The van der Waals surface area contributed by atoms with E-state index in [2.05, 4.69) is 15.3 Å². The molecule has 1 aliphatic rings. The highest BCUT2D eigenvalue weighted by molar-refractivity contribution is 5.94. The minimum atomic E-state index is -0.384. The van der Waals surface area contributed by atoms with E-state index in [0.29, 0.717) is 56.8 Å². The zero-order chi connectivity index (χ0) is 24.0. The number of aromatic amines is 1. The van der Waals surface area contributed by atoms with E-state index in [-0.39, 0.29) is 35.7 Å². The number of benzene rings is 1. The summed E-state index contributed by atoms with van der Waals surface area (Å²) in [7, 11) is 0. The number of carbonyl (C=O) groups excluding carboxylic acids is 2. The molecular weight excluding hydrogens is 420 g/mol. The Kier molecular flexibility index (Phi) is 8.21. The summed E-state index contributed by atoms with van der Waals surface area (Å²) in [5.41, 5.74) is 7.98. The number of aryl methyl sites for hydroxylation is 1. The molecule has 9 nitrogen and oxygen atoms in total. The summed E-state index contributed by atoms with van der Waals surface area (Å²) in [5, 5.41) is 3.39. The molecule has 0 atom stereocenters. The molecule has 0 unspecified atom stereocenters. The number of para-hydroxylation sites is 1. The summed E-state index contributed by atoms with van der Waals surface area (Å²) in [5.74, 6) is 0.242. The van der Waals surface area contributed by atoms with Gasteiger partial charge in [-0.2, -0.15) is 0 Å². The summed E-state index contributed by atoms with van der Waals surface area (Å²) in [6.45, 7) is 8.49. The van der Waals surface area contributed by atoms with Crippen LogP contribution >= 0.6 is 0 Å². The third kappa shape index (κ3) is 6.41. The van der Waals surface area contributed by atoms with Crippen LogP contribution in [-0.2, 0) is 22.6 Å². The molecule has 1 aromatic heterocycles. The highest BCUT2D eigenvalue weighted by atomic mass is 16.2. The molecule has 0 saturated carbocycles. The molecule has 178 valence electrons. The Hall–Kier alpha value is -3.20. The van der Waals surface area contributed by atoms with Gasteiger partial charge in [-0.05, 0) is 30.9 Å². The van der Waals surface area contributed by atoms with E-state index < -0.39 is 0 Å². The van der Waals surface area contributed by atoms with E-state index in [9.17, 15) is 14.4 Å². The standard InChI is InChI=1S/C24H34N6O3/c1-16(2)13-22(32)30-11-6-10-29(12-9-26-15-18-7-4-5-8-20(18)30)21(31)14-19-17(3)27-24(25)28-23(19)33/h4-5,7-8,16,26H,6,9-15H2,1-3H3,(H3,25,27,28,33). The van der Waals surface area contributed by atoms with Crippen LogP contribution in [0.1, 0.15) is 43.5 Å². The third-order valence-electron chi connectivity index (χ3n) is 5.77. The molecule has 0 bridgehead atoms. The first-order valence-corrected chi connectivity index (χ1v) is 11.5. The molecule has 2 aromatic rings. The van der Waals surface area contributed by atoms with Crippen LogP contribution < -0.4 is 21.5 Å². The van der Waals surface area contributed by atoms with Gasteiger partial charge in [-0.15, -0.1) is 0 Å². The highest BCUT2D eigenvalue weighted by Gasteiger charge is 2.22. The van der Waals surface area contributed by atoms with Gasteiger partial charge in [-0.25, -0.2) is 4.98 Å². The zero-order valence-electron chi connectivity index (χ0n) is 19.7. The Labute approximate surface area is 194 Å². The predicted molar refractivity (Wildman–Crippen MR) is 129 cm³/mol. The lowest BCUT2D eigenvalue weighted by atomic mass is 10.1. The summed E-state index contributed by atoms with van der Waals surface area (Å²) >= 11 is 0. The van der Waals surface area contributed by atoms with Gasteiger partial charge in [0.15, 0.2) is 0 Å². The van der Waals surface area contributed by atoms with Crippen molar-refractivity contribution in [2.45, 2.75) is 46.6 Å². The second kappa shape index (κ2) is 11.1. The van der Waals surface area contributed by atoms with E-state index in [1.54, 1.807) is 11.8 Å². The number of H-pyrrole nitrogens is 1. The average molecular weight is 455 g/mol. The number of aromatic nitrogens is 2. The molecule has 9 heteroatoms. The van der Waals surface area contributed by atoms with E-state index >= 15 is 0 Å². The van der Waals surface area contributed by atoms with Gasteiger partial charge < -0.3 is 20.9 Å². The molecular formula is C24H34N6O3. The first-order valence-electron chi connectivity index (χ1n) is 11.5. The Morgan fingerprint density at radius 1 is 1.15 bits per heavy atom. The zero-order valence-corrected chi connectivity index (χ0v) is 19.7. The number of nitrogens with two attached hydrogens (primary N) is 1. The van der Waals surface area contributed by atoms with Crippen LogP contribution in [0.3, 0.4) is 0 Å². The van der Waals surface area contributed by atoms with Crippen molar-refractivity contribution in [1.82, 2.24) is 20.2 Å². The van der Waals surface area contributed by atoms with Crippen LogP contribution in [0.25, 0.3) is 0 Å². The maximum Gasteiger partial charge on any atom is 0.256 e. The maximum absolute atomic E-state index is 13.1. The average Bonchev–Trinajstić information content (AvgIpc) is 2.78. The molecule has 0 spiro atoms. The Balaban J connectivity index is 1.78. The molecule has 2 heterocycles. The van der Waals surface area contributed by atoms with Crippen molar-refractivity contribution in [3.8, 4) is 0 Å². The van der Waals surface area contributed by atoms with Gasteiger partial charge in [0.25, 0.3) is 5.56 Å². The molecule has 1 aliphatic heterocycles. The number of fused-ring (bicyclic) bond motifs is 1. The number of hydrogen-bond donors (Lipinski definition) is 3. The maximum atomic E-state index is 13.1.